The molecule has 0 aliphatic carbocycles. The minimum atomic E-state index is -0.535. The van der Waals surface area contributed by atoms with Gasteiger partial charge in [-0.25, -0.2) is 0 Å². The predicted octanol–water partition coefficient (Wildman–Crippen LogP) is 4.00. The second-order valence-corrected chi connectivity index (χ2v) is 6.96. The lowest BCUT2D eigenvalue weighted by molar-refractivity contribution is -0.385. The molecule has 0 amide bonds. The van der Waals surface area contributed by atoms with Crippen LogP contribution in [0.2, 0.25) is 0 Å². The second-order valence-electron chi connectivity index (χ2n) is 6.96. The molecule has 1 aliphatic rings. The minimum absolute atomic E-state index is 0.134. The van der Waals surface area contributed by atoms with Gasteiger partial charge in [0.2, 0.25) is 12.6 Å². The fraction of sp³-hybridized carbons (Fsp3) is 0.227. The van der Waals surface area contributed by atoms with Crippen molar-refractivity contribution in [2.24, 2.45) is 0 Å². The van der Waals surface area contributed by atoms with Crippen LogP contribution in [0.5, 0.6) is 23.0 Å². The predicted molar refractivity (Wildman–Crippen MR) is 111 cm³/mol. The van der Waals surface area contributed by atoms with Gasteiger partial charge in [0.15, 0.2) is 29.6 Å². The Bertz CT molecular complexity index is 1180. The van der Waals surface area contributed by atoms with Gasteiger partial charge in [-0.05, 0) is 38.1 Å². The molecular weight excluding hydrogens is 404 g/mol. The number of benzene rings is 2. The molecule has 9 nitrogen and oxygen atoms in total. The number of fused-ring (bicyclic) bond motifs is 1. The van der Waals surface area contributed by atoms with Crippen molar-refractivity contribution in [2.75, 3.05) is 20.5 Å². The number of Topliss-reactive ketones (excluding diaryl/α,β-unsaturated/α-hetero) is 1. The molecule has 0 saturated heterocycles. The zero-order valence-corrected chi connectivity index (χ0v) is 17.2. The van der Waals surface area contributed by atoms with Gasteiger partial charge < -0.3 is 23.5 Å². The Morgan fingerprint density at radius 1 is 1.10 bits per heavy atom. The number of hydrogen-bond donors (Lipinski definition) is 0. The first-order valence-corrected chi connectivity index (χ1v) is 9.46. The van der Waals surface area contributed by atoms with Crippen molar-refractivity contribution >= 4 is 11.5 Å². The average molecular weight is 424 g/mol. The average Bonchev–Trinajstić information content (AvgIpc) is 3.34. The van der Waals surface area contributed by atoms with Crippen molar-refractivity contribution in [1.29, 1.82) is 0 Å². The molecule has 1 aromatic heterocycles. The fourth-order valence-electron chi connectivity index (χ4n) is 3.58. The lowest BCUT2D eigenvalue weighted by atomic mass is 10.1. The molecule has 0 saturated carbocycles. The number of ketones is 1. The molecule has 0 radical (unpaired) electrons. The van der Waals surface area contributed by atoms with E-state index in [0.29, 0.717) is 22.8 Å². The van der Waals surface area contributed by atoms with Crippen molar-refractivity contribution in [3.8, 4) is 28.7 Å². The number of ether oxygens (including phenoxy) is 4. The normalized spacial score (nSPS) is 12.0. The third-order valence-corrected chi connectivity index (χ3v) is 5.06. The van der Waals surface area contributed by atoms with Crippen LogP contribution in [-0.2, 0) is 0 Å². The topological polar surface area (TPSA) is 102 Å². The first-order valence-electron chi connectivity index (χ1n) is 9.46. The summed E-state index contributed by atoms with van der Waals surface area (Å²) < 4.78 is 23.5. The van der Waals surface area contributed by atoms with Crippen LogP contribution in [0, 0.1) is 24.0 Å². The van der Waals surface area contributed by atoms with Gasteiger partial charge in [0.1, 0.15) is 0 Å². The van der Waals surface area contributed by atoms with Gasteiger partial charge in [0.25, 0.3) is 5.69 Å². The zero-order valence-electron chi connectivity index (χ0n) is 17.2. The summed E-state index contributed by atoms with van der Waals surface area (Å²) in [6.07, 6.45) is 0. The van der Waals surface area contributed by atoms with Crippen molar-refractivity contribution in [3.05, 3.63) is 69.5 Å². The molecule has 2 heterocycles. The molecule has 0 atom stereocenters. The number of methoxy groups -OCH3 is 1. The Hall–Kier alpha value is -4.01. The number of nitrogens with zero attached hydrogens (tertiary/aromatic N) is 2. The Morgan fingerprint density at radius 2 is 1.87 bits per heavy atom. The molecule has 4 rings (SSSR count). The maximum absolute atomic E-state index is 12.9. The number of carbonyl (C=O) groups excluding carboxylic acids is 1. The van der Waals surface area contributed by atoms with Gasteiger partial charge in [-0.3, -0.25) is 14.9 Å². The minimum Gasteiger partial charge on any atom is -0.493 e. The Kier molecular flexibility index (Phi) is 5.24. The number of nitro groups is 1. The van der Waals surface area contributed by atoms with Crippen LogP contribution in [0.25, 0.3) is 5.69 Å². The van der Waals surface area contributed by atoms with E-state index < -0.39 is 4.92 Å². The largest absolute Gasteiger partial charge is 0.493 e. The van der Waals surface area contributed by atoms with E-state index in [2.05, 4.69) is 0 Å². The molecule has 0 spiro atoms. The number of carbonyl (C=O) groups is 1. The van der Waals surface area contributed by atoms with Crippen LogP contribution in [-0.4, -0.2) is 35.8 Å². The highest BCUT2D eigenvalue weighted by atomic mass is 16.7. The molecule has 1 aliphatic heterocycles. The second kappa shape index (κ2) is 8.02. The van der Waals surface area contributed by atoms with Gasteiger partial charge in [-0.2, -0.15) is 0 Å². The molecule has 0 bridgehead atoms. The summed E-state index contributed by atoms with van der Waals surface area (Å²) in [7, 11) is 1.43. The lowest BCUT2D eigenvalue weighted by Gasteiger charge is -2.11. The summed E-state index contributed by atoms with van der Waals surface area (Å²) in [5.41, 5.74) is 2.81. The van der Waals surface area contributed by atoms with E-state index in [9.17, 15) is 14.9 Å². The van der Waals surface area contributed by atoms with Crippen LogP contribution in [0.15, 0.2) is 42.5 Å². The number of aromatic nitrogens is 1. The van der Waals surface area contributed by atoms with Crippen LogP contribution >= 0.6 is 0 Å². The maximum atomic E-state index is 12.9. The molecule has 160 valence electrons. The molecule has 9 heteroatoms. The quantitative estimate of drug-likeness (QED) is 0.321. The lowest BCUT2D eigenvalue weighted by Crippen LogP contribution is -2.13. The highest BCUT2D eigenvalue weighted by Crippen LogP contribution is 2.35. The molecule has 0 unspecified atom stereocenters. The fourth-order valence-corrected chi connectivity index (χ4v) is 3.58. The number of aryl methyl sites for hydroxylation is 1. The van der Waals surface area contributed by atoms with Crippen LogP contribution < -0.4 is 18.9 Å². The first kappa shape index (κ1) is 20.3. The number of rotatable bonds is 7. The third-order valence-electron chi connectivity index (χ3n) is 5.06. The van der Waals surface area contributed by atoms with Gasteiger partial charge in [-0.1, -0.05) is 0 Å². The number of nitro benzene ring substituents is 1. The SMILES string of the molecule is COc1ccc([N+](=O)[O-])cc1OCC(=O)c1cc(C)n(-c2ccc3c(c2)OCO3)c1C. The van der Waals surface area contributed by atoms with Crippen LogP contribution in [0.1, 0.15) is 21.7 Å². The van der Waals surface area contributed by atoms with E-state index in [1.807, 2.05) is 36.6 Å². The van der Waals surface area contributed by atoms with Crippen LogP contribution in [0.4, 0.5) is 5.69 Å². The molecule has 0 N–H and O–H groups in total. The highest BCUT2D eigenvalue weighted by molar-refractivity contribution is 5.98. The summed E-state index contributed by atoms with van der Waals surface area (Å²) in [4.78, 5) is 23.4. The zero-order chi connectivity index (χ0) is 22.1. The van der Waals surface area contributed by atoms with Crippen LogP contribution in [0.3, 0.4) is 0 Å². The number of hydrogen-bond acceptors (Lipinski definition) is 7. The molecule has 3 aromatic rings. The van der Waals surface area contributed by atoms with Gasteiger partial charge in [0, 0.05) is 34.8 Å². The molecular formula is C22H20N2O7. The standard InChI is InChI=1S/C22H20N2O7/c1-13-8-17(14(2)23(13)15-4-7-20-22(9-15)31-12-30-20)18(25)11-29-21-10-16(24(26)27)5-6-19(21)28-3/h4-10H,11-12H2,1-3H3. The maximum Gasteiger partial charge on any atom is 0.273 e. The van der Waals surface area contributed by atoms with E-state index in [1.165, 1.54) is 25.3 Å². The van der Waals surface area contributed by atoms with E-state index >= 15 is 0 Å². The third kappa shape index (κ3) is 3.77. The van der Waals surface area contributed by atoms with E-state index in [1.54, 1.807) is 6.07 Å². The molecule has 2 aromatic carbocycles. The Labute approximate surface area is 177 Å². The monoisotopic (exact) mass is 424 g/mol. The van der Waals surface area contributed by atoms with Crippen molar-refractivity contribution in [3.63, 3.8) is 0 Å². The van der Waals surface area contributed by atoms with E-state index in [0.717, 1.165) is 17.1 Å². The summed E-state index contributed by atoms with van der Waals surface area (Å²) in [6, 6.07) is 11.4. The van der Waals surface area contributed by atoms with Crippen molar-refractivity contribution in [2.45, 2.75) is 13.8 Å². The summed E-state index contributed by atoms with van der Waals surface area (Å²) in [6.45, 7) is 3.64. The first-order chi connectivity index (χ1) is 14.9. The van der Waals surface area contributed by atoms with Gasteiger partial charge >= 0.3 is 0 Å². The highest BCUT2D eigenvalue weighted by Gasteiger charge is 2.21. The van der Waals surface area contributed by atoms with E-state index in [4.69, 9.17) is 18.9 Å². The van der Waals surface area contributed by atoms with Crippen molar-refractivity contribution < 1.29 is 28.7 Å². The number of non-ortho nitro benzene ring substituents is 1. The van der Waals surface area contributed by atoms with Gasteiger partial charge in [0.05, 0.1) is 18.1 Å². The van der Waals surface area contributed by atoms with Gasteiger partial charge in [-0.15, -0.1) is 0 Å². The van der Waals surface area contributed by atoms with Crippen molar-refractivity contribution in [1.82, 2.24) is 4.57 Å². The summed E-state index contributed by atoms with van der Waals surface area (Å²) in [5.74, 6) is 1.52. The Balaban J connectivity index is 1.57. The Morgan fingerprint density at radius 3 is 2.61 bits per heavy atom. The summed E-state index contributed by atoms with van der Waals surface area (Å²) >= 11 is 0. The molecule has 31 heavy (non-hydrogen) atoms. The van der Waals surface area contributed by atoms with E-state index in [-0.39, 0.29) is 30.6 Å². The summed E-state index contributed by atoms with van der Waals surface area (Å²) in [5, 5.41) is 11.0. The smallest absolute Gasteiger partial charge is 0.273 e. The molecule has 0 fully saturated rings.